The average molecular weight is 1030 g/mol. The Hall–Kier alpha value is -8.15. The number of aliphatic hydroxyl groups is 6. The van der Waals surface area contributed by atoms with Crippen molar-refractivity contribution in [2.45, 2.75) is 68.3 Å². The molecule has 2 fully saturated rings. The fraction of sp³-hybridized carbons (Fsp3) is 0.218. The highest BCUT2D eigenvalue weighted by Crippen LogP contribution is 2.42. The van der Waals surface area contributed by atoms with E-state index in [0.29, 0.717) is 0 Å². The topological polar surface area (TPSA) is 294 Å². The first kappa shape index (κ1) is 51.7. The van der Waals surface area contributed by atoms with Crippen molar-refractivity contribution in [1.29, 1.82) is 0 Å². The van der Waals surface area contributed by atoms with Gasteiger partial charge in [-0.15, -0.1) is 0 Å². The summed E-state index contributed by atoms with van der Waals surface area (Å²) in [6, 6.07) is 37.1. The van der Waals surface area contributed by atoms with E-state index in [1.807, 2.05) is 0 Å². The fourth-order valence-corrected chi connectivity index (χ4v) is 8.04. The number of benzene rings is 6. The normalized spacial score (nSPS) is 23.4. The lowest BCUT2D eigenvalue weighted by Crippen LogP contribution is -2.61. The molecule has 0 unspecified atom stereocenters. The van der Waals surface area contributed by atoms with Crippen LogP contribution in [0.4, 0.5) is 0 Å². The lowest BCUT2D eigenvalue weighted by molar-refractivity contribution is -0.318. The molecule has 2 aliphatic rings. The van der Waals surface area contributed by atoms with E-state index in [0.717, 1.165) is 18.2 Å². The van der Waals surface area contributed by atoms with Gasteiger partial charge in [0.1, 0.15) is 65.2 Å². The zero-order valence-corrected chi connectivity index (χ0v) is 39.3. The number of ether oxygens (including phenoxy) is 8. The van der Waals surface area contributed by atoms with Gasteiger partial charge in [-0.1, -0.05) is 72.8 Å². The second-order valence-corrected chi connectivity index (χ2v) is 17.2. The summed E-state index contributed by atoms with van der Waals surface area (Å²) in [5.74, 6) is -6.34. The molecule has 3 heterocycles. The third kappa shape index (κ3) is 11.3. The van der Waals surface area contributed by atoms with Gasteiger partial charge in [0.25, 0.3) is 0 Å². The number of hydrogen-bond donors (Lipinski definition) is 6. The summed E-state index contributed by atoms with van der Waals surface area (Å²) in [5, 5.41) is 64.3. The highest BCUT2D eigenvalue weighted by atomic mass is 16.7. The van der Waals surface area contributed by atoms with Crippen LogP contribution in [-0.2, 0) is 14.2 Å². The van der Waals surface area contributed by atoms with Crippen molar-refractivity contribution < 1.29 is 92.1 Å². The Balaban J connectivity index is 1.18. The molecule has 75 heavy (non-hydrogen) atoms. The summed E-state index contributed by atoms with van der Waals surface area (Å²) in [7, 11) is 0. The number of rotatable bonds is 14. The molecule has 0 bridgehead atoms. The Morgan fingerprint density at radius 2 is 0.973 bits per heavy atom. The molecule has 0 aliphatic carbocycles. The van der Waals surface area contributed by atoms with Crippen molar-refractivity contribution in [3.63, 3.8) is 0 Å². The zero-order chi connectivity index (χ0) is 52.9. The molecular formula is C55H46O20. The summed E-state index contributed by atoms with van der Waals surface area (Å²) < 4.78 is 52.7. The number of carbonyl (C=O) groups excluding carboxylic acids is 4. The molecule has 1 aromatic heterocycles. The van der Waals surface area contributed by atoms with Gasteiger partial charge in [0.2, 0.25) is 17.5 Å². The van der Waals surface area contributed by atoms with Gasteiger partial charge >= 0.3 is 23.9 Å². The van der Waals surface area contributed by atoms with Crippen LogP contribution in [0.1, 0.15) is 48.4 Å². The number of hydrogen-bond acceptors (Lipinski definition) is 20. The van der Waals surface area contributed by atoms with Crippen LogP contribution < -0.4 is 29.1 Å². The molecule has 2 aliphatic heterocycles. The Labute approximate surface area is 425 Å². The predicted molar refractivity (Wildman–Crippen MR) is 259 cm³/mol. The lowest BCUT2D eigenvalue weighted by Gasteiger charge is -2.42. The minimum atomic E-state index is -2.13. The number of esters is 4. The largest absolute Gasteiger partial charge is 0.454 e. The second-order valence-electron chi connectivity index (χ2n) is 17.2. The maximum atomic E-state index is 15.3. The van der Waals surface area contributed by atoms with Gasteiger partial charge in [-0.05, 0) is 73.7 Å². The van der Waals surface area contributed by atoms with E-state index in [2.05, 4.69) is 0 Å². The smallest absolute Gasteiger partial charge is 0.343 e. The summed E-state index contributed by atoms with van der Waals surface area (Å²) in [6.45, 7) is 0.705. The molecule has 10 atom stereocenters. The van der Waals surface area contributed by atoms with Crippen molar-refractivity contribution in [3.05, 3.63) is 184 Å². The van der Waals surface area contributed by atoms with E-state index < -0.39 is 126 Å². The van der Waals surface area contributed by atoms with E-state index in [1.54, 1.807) is 72.8 Å². The first-order valence-corrected chi connectivity index (χ1v) is 23.2. The summed E-state index contributed by atoms with van der Waals surface area (Å²) in [6.07, 6.45) is -17.3. The third-order valence-corrected chi connectivity index (χ3v) is 12.1. The Morgan fingerprint density at radius 1 is 0.493 bits per heavy atom. The number of aliphatic hydroxyl groups excluding tert-OH is 6. The molecule has 7 aromatic rings. The first-order valence-electron chi connectivity index (χ1n) is 23.2. The molecule has 6 N–H and O–H groups in total. The monoisotopic (exact) mass is 1030 g/mol. The molecular weight excluding hydrogens is 981 g/mol. The summed E-state index contributed by atoms with van der Waals surface area (Å²) in [5.41, 5.74) is -1.25. The Morgan fingerprint density at radius 3 is 1.52 bits per heavy atom. The van der Waals surface area contributed by atoms with Crippen LogP contribution in [0.25, 0.3) is 22.3 Å². The van der Waals surface area contributed by atoms with E-state index in [4.69, 9.17) is 42.3 Å². The molecule has 0 amide bonds. The predicted octanol–water partition coefficient (Wildman–Crippen LogP) is 4.37. The van der Waals surface area contributed by atoms with E-state index in [-0.39, 0.29) is 45.1 Å². The quantitative estimate of drug-likeness (QED) is 0.0651. The highest BCUT2D eigenvalue weighted by molar-refractivity contribution is 5.97. The van der Waals surface area contributed by atoms with Gasteiger partial charge in [0, 0.05) is 17.7 Å². The number of fused-ring (bicyclic) bond motifs is 1. The average Bonchev–Trinajstić information content (AvgIpc) is 3.44. The van der Waals surface area contributed by atoms with Gasteiger partial charge in [-0.3, -0.25) is 4.79 Å². The molecule has 20 heteroatoms. The van der Waals surface area contributed by atoms with Gasteiger partial charge in [0.05, 0.1) is 35.0 Å². The van der Waals surface area contributed by atoms with Crippen LogP contribution in [0, 0.1) is 0 Å². The van der Waals surface area contributed by atoms with Crippen molar-refractivity contribution in [2.24, 2.45) is 0 Å². The van der Waals surface area contributed by atoms with Gasteiger partial charge in [-0.2, -0.15) is 0 Å². The molecule has 386 valence electrons. The molecule has 0 saturated carbocycles. The lowest BCUT2D eigenvalue weighted by atomic mass is 9.98. The minimum absolute atomic E-state index is 0.0475. The van der Waals surface area contributed by atoms with Crippen molar-refractivity contribution in [2.75, 3.05) is 6.61 Å². The second kappa shape index (κ2) is 22.5. The first-order chi connectivity index (χ1) is 36.1. The van der Waals surface area contributed by atoms with Crippen LogP contribution in [0.15, 0.2) is 161 Å². The molecule has 6 aromatic carbocycles. The van der Waals surface area contributed by atoms with Gasteiger partial charge in [0.15, 0.2) is 23.5 Å². The maximum absolute atomic E-state index is 15.3. The molecule has 20 nitrogen and oxygen atoms in total. The molecule has 2 saturated heterocycles. The van der Waals surface area contributed by atoms with E-state index in [1.165, 1.54) is 67.6 Å². The van der Waals surface area contributed by atoms with Crippen LogP contribution in [0.5, 0.6) is 28.7 Å². The van der Waals surface area contributed by atoms with E-state index in [9.17, 15) is 49.8 Å². The van der Waals surface area contributed by atoms with Crippen LogP contribution in [0.2, 0.25) is 0 Å². The van der Waals surface area contributed by atoms with Gasteiger partial charge < -0.3 is 73.0 Å². The van der Waals surface area contributed by atoms with Crippen molar-refractivity contribution in [3.8, 4) is 40.1 Å². The Kier molecular flexibility index (Phi) is 15.5. The third-order valence-electron chi connectivity index (χ3n) is 12.1. The molecule has 9 rings (SSSR count). The highest BCUT2D eigenvalue weighted by Gasteiger charge is 2.48. The SMILES string of the molecule is C[C@@H]1O[C@@H](OC[C@H]2O[C@@H](Oc3c(-c4ccc(OC(=O)c5ccccc5)c(OC(=O)c5ccccc5)c4)oc4cc(OC(=O)c5ccccc5)cc(OC(=O)c5ccccc5)c4c3=O)[C@H](O)[C@@H](O)[C@@H]2O)[C@H](O)[C@H](O)[C@H]1O. The maximum Gasteiger partial charge on any atom is 0.343 e. The zero-order valence-electron chi connectivity index (χ0n) is 39.3. The van der Waals surface area contributed by atoms with Crippen LogP contribution in [-0.4, -0.2) is 123 Å². The van der Waals surface area contributed by atoms with Crippen molar-refractivity contribution in [1.82, 2.24) is 0 Å². The molecule has 0 radical (unpaired) electrons. The fourth-order valence-electron chi connectivity index (χ4n) is 8.04. The Bertz CT molecular complexity index is 3240. The number of carbonyl (C=O) groups is 4. The van der Waals surface area contributed by atoms with Crippen molar-refractivity contribution >= 4 is 34.8 Å². The van der Waals surface area contributed by atoms with Crippen LogP contribution >= 0.6 is 0 Å². The summed E-state index contributed by atoms with van der Waals surface area (Å²) >= 11 is 0. The van der Waals surface area contributed by atoms with E-state index >= 15 is 4.79 Å². The summed E-state index contributed by atoms with van der Waals surface area (Å²) in [4.78, 5) is 69.5. The molecule has 0 spiro atoms. The van der Waals surface area contributed by atoms with Gasteiger partial charge in [-0.25, -0.2) is 19.2 Å². The standard InChI is InChI=1S/C55H46O20/c1-28-41(56)44(59)46(61)54(68-28)67-27-39-42(57)45(60)47(62)55(74-39)75-49-43(58)40-37(25-34(69-50(63)29-14-6-2-7-15-29)26-38(40)73-53(66)32-20-12-5-13-21-32)70-48(49)33-22-23-35(71-51(64)30-16-8-3-9-17-30)36(24-33)72-52(65)31-18-10-4-11-19-31/h2-26,28,39,41-42,44-47,54-57,59-62H,27H2,1H3/t28-,39+,41-,42+,44+,45-,46+,47+,54+,55-/m0/s1. The van der Waals surface area contributed by atoms with Crippen LogP contribution in [0.3, 0.4) is 0 Å². The minimum Gasteiger partial charge on any atom is -0.454 e.